The van der Waals surface area contributed by atoms with Gasteiger partial charge in [0, 0.05) is 11.3 Å². The van der Waals surface area contributed by atoms with Crippen LogP contribution < -0.4 is 0 Å². The Morgan fingerprint density at radius 1 is 1.29 bits per heavy atom. The van der Waals surface area contributed by atoms with Gasteiger partial charge in [-0.3, -0.25) is 0 Å². The highest BCUT2D eigenvalue weighted by molar-refractivity contribution is 5.55. The third kappa shape index (κ3) is 1.53. The van der Waals surface area contributed by atoms with Crippen LogP contribution in [0.3, 0.4) is 0 Å². The van der Waals surface area contributed by atoms with E-state index in [0.29, 0.717) is 0 Å². The maximum absolute atomic E-state index is 12.9. The molecule has 2 rings (SSSR count). The zero-order chi connectivity index (χ0) is 10.1. The van der Waals surface area contributed by atoms with Gasteiger partial charge in [0.25, 0.3) is 0 Å². The normalized spacial score (nSPS) is 10.5. The third-order valence-corrected chi connectivity index (χ3v) is 2.23. The Bertz CT molecular complexity index is 441. The van der Waals surface area contributed by atoms with Gasteiger partial charge in [-0.2, -0.15) is 0 Å². The molecule has 0 unspecified atom stereocenters. The van der Waals surface area contributed by atoms with E-state index in [9.17, 15) is 4.39 Å². The van der Waals surface area contributed by atoms with Gasteiger partial charge in [0.1, 0.15) is 11.6 Å². The van der Waals surface area contributed by atoms with E-state index < -0.39 is 0 Å². The number of aryl methyl sites for hydroxylation is 2. The Morgan fingerprint density at radius 3 is 2.64 bits per heavy atom. The number of imidazole rings is 1. The van der Waals surface area contributed by atoms with E-state index in [4.69, 9.17) is 0 Å². The Labute approximate surface area is 81.8 Å². The summed E-state index contributed by atoms with van der Waals surface area (Å²) in [5.74, 6) is 0.480. The number of rotatable bonds is 1. The number of H-pyrrole nitrogens is 1. The third-order valence-electron chi connectivity index (χ3n) is 2.23. The predicted octanol–water partition coefficient (Wildman–Crippen LogP) is 2.83. The summed E-state index contributed by atoms with van der Waals surface area (Å²) in [5, 5.41) is 0. The van der Waals surface area contributed by atoms with Gasteiger partial charge in [0.05, 0.1) is 5.69 Å². The van der Waals surface area contributed by atoms with Crippen molar-refractivity contribution in [3.8, 4) is 11.4 Å². The first kappa shape index (κ1) is 8.94. The Balaban J connectivity index is 2.49. The smallest absolute Gasteiger partial charge is 0.137 e. The summed E-state index contributed by atoms with van der Waals surface area (Å²) < 4.78 is 12.9. The van der Waals surface area contributed by atoms with Crippen LogP contribution in [0.25, 0.3) is 11.4 Å². The molecule has 1 heterocycles. The molecule has 0 amide bonds. The summed E-state index contributed by atoms with van der Waals surface area (Å²) in [5.41, 5.74) is 2.75. The van der Waals surface area contributed by atoms with Gasteiger partial charge in [0.2, 0.25) is 0 Å². The molecule has 0 fully saturated rings. The van der Waals surface area contributed by atoms with Crippen LogP contribution >= 0.6 is 0 Å². The second-order valence-corrected chi connectivity index (χ2v) is 3.31. The number of aromatic nitrogens is 2. The van der Waals surface area contributed by atoms with Crippen molar-refractivity contribution >= 4 is 0 Å². The van der Waals surface area contributed by atoms with Crippen molar-refractivity contribution in [2.45, 2.75) is 13.8 Å². The molecule has 0 bridgehead atoms. The number of benzene rings is 1. The summed E-state index contributed by atoms with van der Waals surface area (Å²) in [7, 11) is 0. The lowest BCUT2D eigenvalue weighted by atomic mass is 10.2. The van der Waals surface area contributed by atoms with Crippen LogP contribution in [0.2, 0.25) is 0 Å². The highest BCUT2D eigenvalue weighted by Gasteiger charge is 2.05. The minimum absolute atomic E-state index is 0.241. The summed E-state index contributed by atoms with van der Waals surface area (Å²) in [4.78, 5) is 7.41. The molecular weight excluding hydrogens is 179 g/mol. The largest absolute Gasteiger partial charge is 0.342 e. The van der Waals surface area contributed by atoms with Crippen molar-refractivity contribution < 1.29 is 4.39 Å². The molecule has 1 N–H and O–H groups in total. The number of nitrogens with one attached hydrogen (secondary N) is 1. The average molecular weight is 190 g/mol. The highest BCUT2D eigenvalue weighted by Crippen LogP contribution is 2.18. The van der Waals surface area contributed by atoms with Gasteiger partial charge in [-0.05, 0) is 26.0 Å². The standard InChI is InChI=1S/C11H11FN2/c1-7-8(2)14-11(13-7)9-4-3-5-10(12)6-9/h3-6H,1-2H3,(H,13,14). The Hall–Kier alpha value is -1.64. The second kappa shape index (κ2) is 3.25. The molecule has 0 radical (unpaired) electrons. The van der Waals surface area contributed by atoms with Gasteiger partial charge < -0.3 is 4.98 Å². The number of nitrogens with zero attached hydrogens (tertiary/aromatic N) is 1. The predicted molar refractivity (Wildman–Crippen MR) is 53.5 cm³/mol. The van der Waals surface area contributed by atoms with E-state index in [2.05, 4.69) is 9.97 Å². The molecular formula is C11H11FN2. The number of halogens is 1. The van der Waals surface area contributed by atoms with Crippen LogP contribution in [0.5, 0.6) is 0 Å². The molecule has 3 heteroatoms. The van der Waals surface area contributed by atoms with E-state index in [0.717, 1.165) is 22.8 Å². The molecule has 14 heavy (non-hydrogen) atoms. The molecule has 1 aromatic heterocycles. The zero-order valence-corrected chi connectivity index (χ0v) is 8.13. The summed E-state index contributed by atoms with van der Waals surface area (Å²) >= 11 is 0. The molecule has 72 valence electrons. The molecule has 2 nitrogen and oxygen atoms in total. The first-order chi connectivity index (χ1) is 6.66. The van der Waals surface area contributed by atoms with Gasteiger partial charge >= 0.3 is 0 Å². The Morgan fingerprint density at radius 2 is 2.07 bits per heavy atom. The van der Waals surface area contributed by atoms with Crippen molar-refractivity contribution in [3.05, 3.63) is 41.5 Å². The van der Waals surface area contributed by atoms with E-state index in [-0.39, 0.29) is 5.82 Å². The number of hydrogen-bond donors (Lipinski definition) is 1. The van der Waals surface area contributed by atoms with Crippen LogP contribution in [-0.2, 0) is 0 Å². The van der Waals surface area contributed by atoms with Gasteiger partial charge in [-0.1, -0.05) is 12.1 Å². The molecule has 0 aliphatic rings. The lowest BCUT2D eigenvalue weighted by Crippen LogP contribution is -1.82. The van der Waals surface area contributed by atoms with Crippen molar-refractivity contribution in [3.63, 3.8) is 0 Å². The first-order valence-electron chi connectivity index (χ1n) is 4.46. The Kier molecular flexibility index (Phi) is 2.08. The highest BCUT2D eigenvalue weighted by atomic mass is 19.1. The summed E-state index contributed by atoms with van der Waals surface area (Å²) in [6.45, 7) is 3.87. The SMILES string of the molecule is Cc1nc(-c2cccc(F)c2)[nH]c1C. The lowest BCUT2D eigenvalue weighted by Gasteiger charge is -1.95. The minimum Gasteiger partial charge on any atom is -0.342 e. The topological polar surface area (TPSA) is 28.7 Å². The number of aromatic amines is 1. The van der Waals surface area contributed by atoms with E-state index in [1.54, 1.807) is 6.07 Å². The van der Waals surface area contributed by atoms with Crippen molar-refractivity contribution in [2.24, 2.45) is 0 Å². The molecule has 2 aromatic rings. The monoisotopic (exact) mass is 190 g/mol. The van der Waals surface area contributed by atoms with Crippen LogP contribution in [0, 0.1) is 19.7 Å². The number of hydrogen-bond acceptors (Lipinski definition) is 1. The fourth-order valence-corrected chi connectivity index (χ4v) is 1.32. The van der Waals surface area contributed by atoms with Crippen LogP contribution in [-0.4, -0.2) is 9.97 Å². The molecule has 0 spiro atoms. The van der Waals surface area contributed by atoms with E-state index >= 15 is 0 Å². The van der Waals surface area contributed by atoms with Crippen LogP contribution in [0.1, 0.15) is 11.4 Å². The molecule has 0 saturated heterocycles. The van der Waals surface area contributed by atoms with Crippen molar-refractivity contribution in [2.75, 3.05) is 0 Å². The maximum Gasteiger partial charge on any atom is 0.137 e. The lowest BCUT2D eigenvalue weighted by molar-refractivity contribution is 0.628. The zero-order valence-electron chi connectivity index (χ0n) is 8.13. The van der Waals surface area contributed by atoms with Crippen LogP contribution in [0.15, 0.2) is 24.3 Å². The van der Waals surface area contributed by atoms with Gasteiger partial charge in [0.15, 0.2) is 0 Å². The summed E-state index contributed by atoms with van der Waals surface area (Å²) in [6, 6.07) is 6.41. The van der Waals surface area contributed by atoms with Crippen molar-refractivity contribution in [1.29, 1.82) is 0 Å². The van der Waals surface area contributed by atoms with E-state index in [1.807, 2.05) is 19.9 Å². The molecule has 1 aromatic carbocycles. The fourth-order valence-electron chi connectivity index (χ4n) is 1.32. The van der Waals surface area contributed by atoms with Gasteiger partial charge in [-0.15, -0.1) is 0 Å². The quantitative estimate of drug-likeness (QED) is 0.736. The van der Waals surface area contributed by atoms with Crippen molar-refractivity contribution in [1.82, 2.24) is 9.97 Å². The fraction of sp³-hybridized carbons (Fsp3) is 0.182. The minimum atomic E-state index is -0.241. The molecule has 0 aliphatic carbocycles. The molecule has 0 atom stereocenters. The van der Waals surface area contributed by atoms with Crippen LogP contribution in [0.4, 0.5) is 4.39 Å². The average Bonchev–Trinajstić information content (AvgIpc) is 2.47. The maximum atomic E-state index is 12.9. The second-order valence-electron chi connectivity index (χ2n) is 3.31. The van der Waals surface area contributed by atoms with E-state index in [1.165, 1.54) is 12.1 Å². The summed E-state index contributed by atoms with van der Waals surface area (Å²) in [6.07, 6.45) is 0. The first-order valence-corrected chi connectivity index (χ1v) is 4.46. The molecule has 0 aliphatic heterocycles. The van der Waals surface area contributed by atoms with Gasteiger partial charge in [-0.25, -0.2) is 9.37 Å². The molecule has 0 saturated carbocycles.